The van der Waals surface area contributed by atoms with E-state index in [2.05, 4.69) is 4.72 Å². The van der Waals surface area contributed by atoms with E-state index in [9.17, 15) is 13.2 Å². The summed E-state index contributed by atoms with van der Waals surface area (Å²) < 4.78 is 31.8. The molecule has 2 aromatic rings. The molecular formula is C17H19NO4S. The molecule has 0 unspecified atom stereocenters. The molecule has 0 spiro atoms. The van der Waals surface area contributed by atoms with Crippen molar-refractivity contribution in [2.45, 2.75) is 31.4 Å². The van der Waals surface area contributed by atoms with E-state index >= 15 is 0 Å². The number of rotatable bonds is 6. The molecule has 0 aliphatic heterocycles. The fourth-order valence-electron chi connectivity index (χ4n) is 1.99. The van der Waals surface area contributed by atoms with Gasteiger partial charge in [-0.2, -0.15) is 4.72 Å². The van der Waals surface area contributed by atoms with Gasteiger partial charge in [-0.05, 0) is 37.1 Å². The van der Waals surface area contributed by atoms with E-state index in [0.29, 0.717) is 0 Å². The molecule has 0 fully saturated rings. The zero-order chi connectivity index (χ0) is 16.9. The molecule has 1 atom stereocenters. The van der Waals surface area contributed by atoms with Crippen LogP contribution in [0.25, 0.3) is 0 Å². The number of nitrogens with one attached hydrogen (secondary N) is 1. The van der Waals surface area contributed by atoms with Gasteiger partial charge in [-0.25, -0.2) is 8.42 Å². The minimum absolute atomic E-state index is 0.110. The molecule has 122 valence electrons. The Kier molecular flexibility index (Phi) is 5.52. The summed E-state index contributed by atoms with van der Waals surface area (Å²) in [5.41, 5.74) is 1.90. The SMILES string of the molecule is Cc1ccccc1COC(=O)[C@H](C)NS(=O)(=O)c1ccccc1. The van der Waals surface area contributed by atoms with E-state index in [4.69, 9.17) is 4.74 Å². The third-order valence-corrected chi connectivity index (χ3v) is 4.93. The van der Waals surface area contributed by atoms with E-state index in [1.165, 1.54) is 19.1 Å². The van der Waals surface area contributed by atoms with E-state index in [1.807, 2.05) is 31.2 Å². The Bertz CT molecular complexity index is 772. The van der Waals surface area contributed by atoms with E-state index in [0.717, 1.165) is 11.1 Å². The first-order chi connectivity index (χ1) is 10.9. The lowest BCUT2D eigenvalue weighted by atomic mass is 10.1. The first-order valence-corrected chi connectivity index (χ1v) is 8.67. The summed E-state index contributed by atoms with van der Waals surface area (Å²) in [6.45, 7) is 3.49. The monoisotopic (exact) mass is 333 g/mol. The number of carbonyl (C=O) groups excluding carboxylic acids is 1. The third kappa shape index (κ3) is 4.64. The lowest BCUT2D eigenvalue weighted by Crippen LogP contribution is -2.39. The second kappa shape index (κ2) is 7.39. The lowest BCUT2D eigenvalue weighted by molar-refractivity contribution is -0.146. The Hall–Kier alpha value is -2.18. The zero-order valence-corrected chi connectivity index (χ0v) is 13.8. The quantitative estimate of drug-likeness (QED) is 0.824. The van der Waals surface area contributed by atoms with Gasteiger partial charge in [-0.3, -0.25) is 4.79 Å². The summed E-state index contributed by atoms with van der Waals surface area (Å²) in [5, 5.41) is 0. The second-order valence-electron chi connectivity index (χ2n) is 5.19. The van der Waals surface area contributed by atoms with Gasteiger partial charge in [-0.1, -0.05) is 42.5 Å². The Morgan fingerprint density at radius 3 is 2.35 bits per heavy atom. The summed E-state index contributed by atoms with van der Waals surface area (Å²) in [6, 6.07) is 14.5. The van der Waals surface area contributed by atoms with Crippen molar-refractivity contribution in [3.05, 3.63) is 65.7 Å². The van der Waals surface area contributed by atoms with Gasteiger partial charge in [0.25, 0.3) is 0 Å². The van der Waals surface area contributed by atoms with E-state index in [-0.39, 0.29) is 11.5 Å². The predicted octanol–water partition coefficient (Wildman–Crippen LogP) is 2.41. The van der Waals surface area contributed by atoms with Crippen molar-refractivity contribution in [2.75, 3.05) is 0 Å². The van der Waals surface area contributed by atoms with Crippen LogP contribution in [-0.2, 0) is 26.2 Å². The molecule has 2 rings (SSSR count). The minimum Gasteiger partial charge on any atom is -0.460 e. The Labute approximate surface area is 136 Å². The highest BCUT2D eigenvalue weighted by Crippen LogP contribution is 2.11. The average Bonchev–Trinajstić information content (AvgIpc) is 2.54. The molecule has 5 nitrogen and oxygen atoms in total. The van der Waals surface area contributed by atoms with Crippen LogP contribution in [0.1, 0.15) is 18.1 Å². The van der Waals surface area contributed by atoms with Crippen LogP contribution in [0.4, 0.5) is 0 Å². The molecule has 0 saturated heterocycles. The molecule has 0 amide bonds. The van der Waals surface area contributed by atoms with Gasteiger partial charge in [0.05, 0.1) is 4.90 Å². The van der Waals surface area contributed by atoms with Crippen LogP contribution in [0.2, 0.25) is 0 Å². The summed E-state index contributed by atoms with van der Waals surface area (Å²) >= 11 is 0. The molecule has 0 heterocycles. The van der Waals surface area contributed by atoms with Crippen LogP contribution in [-0.4, -0.2) is 20.4 Å². The number of carbonyl (C=O) groups is 1. The molecule has 23 heavy (non-hydrogen) atoms. The van der Waals surface area contributed by atoms with Crippen molar-refractivity contribution in [1.29, 1.82) is 0 Å². The van der Waals surface area contributed by atoms with Crippen molar-refractivity contribution in [2.24, 2.45) is 0 Å². The maximum Gasteiger partial charge on any atom is 0.324 e. The van der Waals surface area contributed by atoms with Gasteiger partial charge in [0.15, 0.2) is 0 Å². The average molecular weight is 333 g/mol. The number of benzene rings is 2. The topological polar surface area (TPSA) is 72.5 Å². The number of aryl methyl sites for hydroxylation is 1. The Morgan fingerprint density at radius 1 is 1.09 bits per heavy atom. The Morgan fingerprint density at radius 2 is 1.70 bits per heavy atom. The third-order valence-electron chi connectivity index (χ3n) is 3.37. The van der Waals surface area contributed by atoms with Crippen molar-refractivity contribution in [1.82, 2.24) is 4.72 Å². The van der Waals surface area contributed by atoms with Gasteiger partial charge in [0.2, 0.25) is 10.0 Å². The van der Waals surface area contributed by atoms with Crippen molar-refractivity contribution in [3.63, 3.8) is 0 Å². The molecule has 0 aromatic heterocycles. The van der Waals surface area contributed by atoms with Gasteiger partial charge in [-0.15, -0.1) is 0 Å². The van der Waals surface area contributed by atoms with Crippen LogP contribution in [0.3, 0.4) is 0 Å². The summed E-state index contributed by atoms with van der Waals surface area (Å²) in [5.74, 6) is -0.618. The van der Waals surface area contributed by atoms with E-state index < -0.39 is 22.0 Å². The van der Waals surface area contributed by atoms with Crippen LogP contribution in [0, 0.1) is 6.92 Å². The van der Waals surface area contributed by atoms with Crippen LogP contribution in [0.5, 0.6) is 0 Å². The molecule has 0 aliphatic carbocycles. The van der Waals surface area contributed by atoms with Gasteiger partial charge < -0.3 is 4.74 Å². The number of ether oxygens (including phenoxy) is 1. The summed E-state index contributed by atoms with van der Waals surface area (Å²) in [7, 11) is -3.75. The maximum absolute atomic E-state index is 12.2. The van der Waals surface area contributed by atoms with Gasteiger partial charge >= 0.3 is 5.97 Å². The molecule has 1 N–H and O–H groups in total. The molecular weight excluding hydrogens is 314 g/mol. The first kappa shape index (κ1) is 17.2. The van der Waals surface area contributed by atoms with E-state index in [1.54, 1.807) is 18.2 Å². The highest BCUT2D eigenvalue weighted by atomic mass is 32.2. The van der Waals surface area contributed by atoms with Crippen LogP contribution in [0.15, 0.2) is 59.5 Å². The van der Waals surface area contributed by atoms with Crippen LogP contribution >= 0.6 is 0 Å². The zero-order valence-electron chi connectivity index (χ0n) is 13.0. The predicted molar refractivity (Wildman–Crippen MR) is 87.2 cm³/mol. The minimum atomic E-state index is -3.75. The number of hydrogen-bond donors (Lipinski definition) is 1. The molecule has 0 saturated carbocycles. The van der Waals surface area contributed by atoms with Crippen molar-refractivity contribution < 1.29 is 17.9 Å². The maximum atomic E-state index is 12.2. The summed E-state index contributed by atoms with van der Waals surface area (Å²) in [4.78, 5) is 12.1. The second-order valence-corrected chi connectivity index (χ2v) is 6.90. The normalized spacial score (nSPS) is 12.6. The first-order valence-electron chi connectivity index (χ1n) is 7.18. The molecule has 0 radical (unpaired) electrons. The molecule has 0 aliphatic rings. The highest BCUT2D eigenvalue weighted by molar-refractivity contribution is 7.89. The van der Waals surface area contributed by atoms with Crippen molar-refractivity contribution >= 4 is 16.0 Å². The smallest absolute Gasteiger partial charge is 0.324 e. The fraction of sp³-hybridized carbons (Fsp3) is 0.235. The van der Waals surface area contributed by atoms with Crippen molar-refractivity contribution in [3.8, 4) is 0 Å². The number of hydrogen-bond acceptors (Lipinski definition) is 4. The molecule has 6 heteroatoms. The number of esters is 1. The fourth-order valence-corrected chi connectivity index (χ4v) is 3.21. The Balaban J connectivity index is 1.97. The largest absolute Gasteiger partial charge is 0.460 e. The molecule has 2 aromatic carbocycles. The van der Waals surface area contributed by atoms with Gasteiger partial charge in [0.1, 0.15) is 12.6 Å². The highest BCUT2D eigenvalue weighted by Gasteiger charge is 2.23. The molecule has 0 bridgehead atoms. The van der Waals surface area contributed by atoms with Gasteiger partial charge in [0, 0.05) is 0 Å². The van der Waals surface area contributed by atoms with Crippen LogP contribution < -0.4 is 4.72 Å². The number of sulfonamides is 1. The summed E-state index contributed by atoms with van der Waals surface area (Å²) in [6.07, 6.45) is 0. The standard InChI is InChI=1S/C17H19NO4S/c1-13-8-6-7-9-15(13)12-22-17(19)14(2)18-23(20,21)16-10-4-3-5-11-16/h3-11,14,18H,12H2,1-2H3/t14-/m0/s1. The lowest BCUT2D eigenvalue weighted by Gasteiger charge is -2.14.